The maximum absolute atomic E-state index is 12.4. The van der Waals surface area contributed by atoms with Gasteiger partial charge >= 0.3 is 0 Å². The minimum absolute atomic E-state index is 0.00974. The molecular weight excluding hydrogens is 278 g/mol. The van der Waals surface area contributed by atoms with Gasteiger partial charge in [0.05, 0.1) is 6.04 Å². The molecule has 120 valence electrons. The van der Waals surface area contributed by atoms with Gasteiger partial charge in [0, 0.05) is 11.6 Å². The lowest BCUT2D eigenvalue weighted by Gasteiger charge is -2.34. The molecule has 1 saturated heterocycles. The molecule has 0 unspecified atom stereocenters. The van der Waals surface area contributed by atoms with Crippen LogP contribution >= 0.6 is 0 Å². The minimum Gasteiger partial charge on any atom is -0.369 e. The maximum atomic E-state index is 12.4. The Morgan fingerprint density at radius 2 is 1.91 bits per heavy atom. The molecule has 1 aromatic rings. The first-order valence-corrected chi connectivity index (χ1v) is 7.80. The van der Waals surface area contributed by atoms with Crippen molar-refractivity contribution in [1.29, 1.82) is 0 Å². The number of primary amides is 1. The van der Waals surface area contributed by atoms with E-state index in [4.69, 9.17) is 5.73 Å². The zero-order valence-electron chi connectivity index (χ0n) is 13.6. The van der Waals surface area contributed by atoms with Gasteiger partial charge in [0.25, 0.3) is 0 Å². The predicted molar refractivity (Wildman–Crippen MR) is 87.5 cm³/mol. The standard InChI is InChI=1S/C17H25N3O2/c1-11-4-5-15(12(2)10-11)19-17(22)13(3)20-8-6-14(7-9-20)16(18)21/h4-5,10,13-14H,6-9H2,1-3H3,(H2,18,21)(H,19,22)/t13-/m1/s1. The Morgan fingerprint density at radius 3 is 2.45 bits per heavy atom. The Bertz CT molecular complexity index is 563. The van der Waals surface area contributed by atoms with Gasteiger partial charge in [0.1, 0.15) is 0 Å². The van der Waals surface area contributed by atoms with Gasteiger partial charge in [0.2, 0.25) is 11.8 Å². The number of anilines is 1. The molecule has 0 radical (unpaired) electrons. The van der Waals surface area contributed by atoms with Crippen molar-refractivity contribution in [2.24, 2.45) is 11.7 Å². The normalized spacial score (nSPS) is 18.0. The predicted octanol–water partition coefficient (Wildman–Crippen LogP) is 1.83. The van der Waals surface area contributed by atoms with Gasteiger partial charge in [-0.25, -0.2) is 0 Å². The fourth-order valence-electron chi connectivity index (χ4n) is 2.93. The van der Waals surface area contributed by atoms with Gasteiger partial charge in [-0.05, 0) is 58.3 Å². The smallest absolute Gasteiger partial charge is 0.241 e. The second kappa shape index (κ2) is 6.92. The molecule has 1 atom stereocenters. The first-order chi connectivity index (χ1) is 10.4. The molecule has 5 heteroatoms. The molecule has 1 fully saturated rings. The molecule has 2 rings (SSSR count). The lowest BCUT2D eigenvalue weighted by Crippen LogP contribution is -2.47. The highest BCUT2D eigenvalue weighted by Crippen LogP contribution is 2.20. The van der Waals surface area contributed by atoms with Crippen molar-refractivity contribution in [3.05, 3.63) is 29.3 Å². The summed E-state index contributed by atoms with van der Waals surface area (Å²) in [5, 5.41) is 3.00. The second-order valence-corrected chi connectivity index (χ2v) is 6.20. The van der Waals surface area contributed by atoms with E-state index in [2.05, 4.69) is 16.3 Å². The monoisotopic (exact) mass is 303 g/mol. The lowest BCUT2D eigenvalue weighted by molar-refractivity contribution is -0.124. The van der Waals surface area contributed by atoms with Crippen LogP contribution < -0.4 is 11.1 Å². The van der Waals surface area contributed by atoms with Crippen LogP contribution in [0.25, 0.3) is 0 Å². The summed E-state index contributed by atoms with van der Waals surface area (Å²) in [6.07, 6.45) is 1.47. The van der Waals surface area contributed by atoms with Gasteiger partial charge in [-0.15, -0.1) is 0 Å². The van der Waals surface area contributed by atoms with Gasteiger partial charge in [-0.2, -0.15) is 0 Å². The summed E-state index contributed by atoms with van der Waals surface area (Å²) in [4.78, 5) is 25.7. The van der Waals surface area contributed by atoms with Crippen molar-refractivity contribution in [1.82, 2.24) is 4.90 Å². The van der Waals surface area contributed by atoms with Crippen molar-refractivity contribution < 1.29 is 9.59 Å². The Morgan fingerprint density at radius 1 is 1.27 bits per heavy atom. The molecule has 1 heterocycles. The lowest BCUT2D eigenvalue weighted by atomic mass is 9.95. The summed E-state index contributed by atoms with van der Waals surface area (Å²) in [6, 6.07) is 5.77. The number of piperidine rings is 1. The van der Waals surface area contributed by atoms with Gasteiger partial charge in [-0.1, -0.05) is 17.7 Å². The number of amides is 2. The van der Waals surface area contributed by atoms with Crippen LogP contribution in [-0.4, -0.2) is 35.8 Å². The summed E-state index contributed by atoms with van der Waals surface area (Å²) in [5.74, 6) is -0.289. The number of aryl methyl sites for hydroxylation is 2. The molecule has 0 aliphatic carbocycles. The van der Waals surface area contributed by atoms with Crippen LogP contribution in [0.4, 0.5) is 5.69 Å². The number of likely N-dealkylation sites (tertiary alicyclic amines) is 1. The Hall–Kier alpha value is -1.88. The molecule has 5 nitrogen and oxygen atoms in total. The van der Waals surface area contributed by atoms with E-state index in [1.165, 1.54) is 5.56 Å². The van der Waals surface area contributed by atoms with E-state index in [1.807, 2.05) is 32.9 Å². The largest absolute Gasteiger partial charge is 0.369 e. The highest BCUT2D eigenvalue weighted by atomic mass is 16.2. The van der Waals surface area contributed by atoms with Crippen LogP contribution in [0, 0.1) is 19.8 Å². The van der Waals surface area contributed by atoms with Gasteiger partial charge in [0.15, 0.2) is 0 Å². The van der Waals surface area contributed by atoms with E-state index in [0.29, 0.717) is 0 Å². The molecule has 1 aliphatic rings. The van der Waals surface area contributed by atoms with Crippen LogP contribution in [0.2, 0.25) is 0 Å². The Labute approximate surface area is 131 Å². The van der Waals surface area contributed by atoms with Crippen molar-refractivity contribution in [3.63, 3.8) is 0 Å². The number of nitrogens with two attached hydrogens (primary N) is 1. The number of carbonyl (C=O) groups is 2. The van der Waals surface area contributed by atoms with E-state index in [9.17, 15) is 9.59 Å². The van der Waals surface area contributed by atoms with E-state index in [-0.39, 0.29) is 23.8 Å². The van der Waals surface area contributed by atoms with Crippen molar-refractivity contribution in [2.45, 2.75) is 39.7 Å². The molecule has 1 aromatic carbocycles. The quantitative estimate of drug-likeness (QED) is 0.891. The van der Waals surface area contributed by atoms with Crippen molar-refractivity contribution >= 4 is 17.5 Å². The number of nitrogens with zero attached hydrogens (tertiary/aromatic N) is 1. The average molecular weight is 303 g/mol. The summed E-state index contributed by atoms with van der Waals surface area (Å²) in [6.45, 7) is 7.39. The van der Waals surface area contributed by atoms with Crippen LogP contribution in [-0.2, 0) is 9.59 Å². The summed E-state index contributed by atoms with van der Waals surface area (Å²) < 4.78 is 0. The molecule has 0 saturated carbocycles. The first kappa shape index (κ1) is 16.5. The van der Waals surface area contributed by atoms with Crippen LogP contribution in [0.1, 0.15) is 30.9 Å². The fraction of sp³-hybridized carbons (Fsp3) is 0.529. The molecule has 0 bridgehead atoms. The summed E-state index contributed by atoms with van der Waals surface area (Å²) in [7, 11) is 0. The van der Waals surface area contributed by atoms with Crippen molar-refractivity contribution in [3.8, 4) is 0 Å². The first-order valence-electron chi connectivity index (χ1n) is 7.80. The number of carbonyl (C=O) groups excluding carboxylic acids is 2. The van der Waals surface area contributed by atoms with Crippen LogP contribution in [0.15, 0.2) is 18.2 Å². The molecular formula is C17H25N3O2. The summed E-state index contributed by atoms with van der Waals surface area (Å²) in [5.41, 5.74) is 8.44. The van der Waals surface area contributed by atoms with E-state index >= 15 is 0 Å². The molecule has 0 spiro atoms. The third kappa shape index (κ3) is 3.85. The van der Waals surface area contributed by atoms with Gasteiger partial charge < -0.3 is 11.1 Å². The molecule has 22 heavy (non-hydrogen) atoms. The van der Waals surface area contributed by atoms with E-state index in [0.717, 1.165) is 37.2 Å². The second-order valence-electron chi connectivity index (χ2n) is 6.20. The van der Waals surface area contributed by atoms with E-state index in [1.54, 1.807) is 0 Å². The third-order valence-corrected chi connectivity index (χ3v) is 4.50. The SMILES string of the molecule is Cc1ccc(NC(=O)[C@@H](C)N2CCC(C(N)=O)CC2)c(C)c1. The number of hydrogen-bond acceptors (Lipinski definition) is 3. The molecule has 3 N–H and O–H groups in total. The summed E-state index contributed by atoms with van der Waals surface area (Å²) >= 11 is 0. The zero-order valence-corrected chi connectivity index (χ0v) is 13.6. The Balaban J connectivity index is 1.94. The van der Waals surface area contributed by atoms with Crippen molar-refractivity contribution in [2.75, 3.05) is 18.4 Å². The zero-order chi connectivity index (χ0) is 16.3. The minimum atomic E-state index is -0.230. The molecule has 0 aromatic heterocycles. The third-order valence-electron chi connectivity index (χ3n) is 4.50. The Kier molecular flexibility index (Phi) is 5.19. The highest BCUT2D eigenvalue weighted by Gasteiger charge is 2.28. The number of hydrogen-bond donors (Lipinski definition) is 2. The van der Waals surface area contributed by atoms with Crippen LogP contribution in [0.3, 0.4) is 0 Å². The number of rotatable bonds is 4. The number of nitrogens with one attached hydrogen (secondary N) is 1. The van der Waals surface area contributed by atoms with E-state index < -0.39 is 0 Å². The number of benzene rings is 1. The van der Waals surface area contributed by atoms with Gasteiger partial charge in [-0.3, -0.25) is 14.5 Å². The highest BCUT2D eigenvalue weighted by molar-refractivity contribution is 5.95. The molecule has 2 amide bonds. The maximum Gasteiger partial charge on any atom is 0.241 e. The fourth-order valence-corrected chi connectivity index (χ4v) is 2.93. The molecule has 1 aliphatic heterocycles. The van der Waals surface area contributed by atoms with Crippen LogP contribution in [0.5, 0.6) is 0 Å². The average Bonchev–Trinajstić information content (AvgIpc) is 2.49. The topological polar surface area (TPSA) is 75.4 Å².